The van der Waals surface area contributed by atoms with E-state index >= 15 is 0 Å². The fourth-order valence-electron chi connectivity index (χ4n) is 0.504. The standard InChI is InChI=1S/C6H10O5Se/c7-5(8)1-3-12(11)4-2-6(9)10/h1-4H2,(H,7,8)(H,9,10). The van der Waals surface area contributed by atoms with Crippen LogP contribution < -0.4 is 0 Å². The van der Waals surface area contributed by atoms with Crippen LogP contribution in [-0.2, 0) is 13.4 Å². The molecule has 0 heterocycles. The van der Waals surface area contributed by atoms with Crippen molar-refractivity contribution in [3.05, 3.63) is 0 Å². The summed E-state index contributed by atoms with van der Waals surface area (Å²) in [6.07, 6.45) is -0.262. The number of carbonyl (C=O) groups is 2. The number of carboxylic acid groups (broad SMARTS) is 2. The van der Waals surface area contributed by atoms with Crippen molar-refractivity contribution in [1.29, 1.82) is 0 Å². The summed E-state index contributed by atoms with van der Waals surface area (Å²) >= 11 is -2.20. The van der Waals surface area contributed by atoms with E-state index in [4.69, 9.17) is 10.2 Å². The first-order chi connectivity index (χ1) is 5.52. The number of rotatable bonds is 6. The van der Waals surface area contributed by atoms with E-state index in [9.17, 15) is 13.4 Å². The number of carboxylic acids is 2. The van der Waals surface area contributed by atoms with Crippen LogP contribution in [0.5, 0.6) is 0 Å². The van der Waals surface area contributed by atoms with E-state index in [2.05, 4.69) is 0 Å². The van der Waals surface area contributed by atoms with Gasteiger partial charge in [-0.2, -0.15) is 0 Å². The SMILES string of the molecule is O=C(O)CC[Se](=O)CCC(=O)O. The van der Waals surface area contributed by atoms with Crippen LogP contribution in [0.4, 0.5) is 0 Å². The van der Waals surface area contributed by atoms with E-state index in [1.807, 2.05) is 0 Å². The Morgan fingerprint density at radius 2 is 1.33 bits per heavy atom. The zero-order chi connectivity index (χ0) is 9.56. The molecule has 0 spiro atoms. The summed E-state index contributed by atoms with van der Waals surface area (Å²) < 4.78 is 10.9. The van der Waals surface area contributed by atoms with Gasteiger partial charge in [0.1, 0.15) is 0 Å². The molecule has 0 aromatic rings. The van der Waals surface area contributed by atoms with Gasteiger partial charge in [0.2, 0.25) is 0 Å². The van der Waals surface area contributed by atoms with Crippen molar-refractivity contribution in [3.63, 3.8) is 0 Å². The fraction of sp³-hybridized carbons (Fsp3) is 0.667. The molecule has 0 aliphatic heterocycles. The van der Waals surface area contributed by atoms with E-state index in [-0.39, 0.29) is 23.5 Å². The molecule has 0 atom stereocenters. The molecule has 0 bridgehead atoms. The number of hydrogen-bond donors (Lipinski definition) is 2. The van der Waals surface area contributed by atoms with Crippen molar-refractivity contribution < 1.29 is 23.6 Å². The third-order valence-corrected chi connectivity index (χ3v) is 3.85. The Morgan fingerprint density at radius 1 is 1.00 bits per heavy atom. The zero-order valence-corrected chi connectivity index (χ0v) is 8.07. The maximum atomic E-state index is 10.9. The first-order valence-electron chi connectivity index (χ1n) is 3.31. The van der Waals surface area contributed by atoms with Crippen molar-refractivity contribution in [2.45, 2.75) is 23.5 Å². The minimum atomic E-state index is -2.20. The third-order valence-electron chi connectivity index (χ3n) is 1.09. The summed E-state index contributed by atoms with van der Waals surface area (Å²) in [5, 5.41) is 16.7. The van der Waals surface area contributed by atoms with Gasteiger partial charge in [-0.25, -0.2) is 0 Å². The first-order valence-corrected chi connectivity index (χ1v) is 6.43. The fourth-order valence-corrected chi connectivity index (χ4v) is 2.62. The Hall–Kier alpha value is -0.741. The monoisotopic (exact) mass is 242 g/mol. The molecular formula is C6H10O5Se. The first kappa shape index (κ1) is 11.3. The summed E-state index contributed by atoms with van der Waals surface area (Å²) in [5.41, 5.74) is 0. The van der Waals surface area contributed by atoms with Crippen LogP contribution in [0.2, 0.25) is 10.6 Å². The molecule has 0 aliphatic rings. The van der Waals surface area contributed by atoms with Crippen LogP contribution in [0.1, 0.15) is 12.8 Å². The van der Waals surface area contributed by atoms with Crippen molar-refractivity contribution in [3.8, 4) is 0 Å². The Labute approximate surface area is 73.5 Å². The second-order valence-electron chi connectivity index (χ2n) is 2.14. The van der Waals surface area contributed by atoms with Gasteiger partial charge < -0.3 is 0 Å². The van der Waals surface area contributed by atoms with Gasteiger partial charge in [-0.1, -0.05) is 0 Å². The molecule has 6 heteroatoms. The van der Waals surface area contributed by atoms with Crippen LogP contribution in [0.25, 0.3) is 0 Å². The molecule has 12 heavy (non-hydrogen) atoms. The normalized spacial score (nSPS) is 10.1. The topological polar surface area (TPSA) is 91.7 Å². The molecule has 5 nitrogen and oxygen atoms in total. The van der Waals surface area contributed by atoms with Gasteiger partial charge in [0.25, 0.3) is 0 Å². The van der Waals surface area contributed by atoms with Crippen molar-refractivity contribution >= 4 is 25.8 Å². The zero-order valence-electron chi connectivity index (χ0n) is 6.36. The summed E-state index contributed by atoms with van der Waals surface area (Å²) in [6.45, 7) is 0. The Balaban J connectivity index is 3.47. The molecular weight excluding hydrogens is 231 g/mol. The average Bonchev–Trinajstić information content (AvgIpc) is 1.96. The molecule has 0 saturated heterocycles. The quantitative estimate of drug-likeness (QED) is 0.655. The second kappa shape index (κ2) is 5.85. The minimum absolute atomic E-state index is 0.128. The molecule has 0 radical (unpaired) electrons. The van der Waals surface area contributed by atoms with Gasteiger partial charge in [0, 0.05) is 0 Å². The van der Waals surface area contributed by atoms with Crippen LogP contribution in [0, 0.1) is 0 Å². The van der Waals surface area contributed by atoms with Crippen LogP contribution in [0.3, 0.4) is 0 Å². The van der Waals surface area contributed by atoms with Crippen LogP contribution in [0.15, 0.2) is 0 Å². The van der Waals surface area contributed by atoms with Gasteiger partial charge in [-0.3, -0.25) is 0 Å². The van der Waals surface area contributed by atoms with Gasteiger partial charge in [-0.15, -0.1) is 0 Å². The van der Waals surface area contributed by atoms with Crippen LogP contribution in [-0.4, -0.2) is 36.0 Å². The molecule has 70 valence electrons. The van der Waals surface area contributed by atoms with E-state index in [0.29, 0.717) is 0 Å². The Bertz CT molecular complexity index is 180. The molecule has 0 fully saturated rings. The number of hydrogen-bond acceptors (Lipinski definition) is 3. The molecule has 0 saturated carbocycles. The molecule has 2 N–H and O–H groups in total. The second-order valence-corrected chi connectivity index (χ2v) is 5.69. The maximum absolute atomic E-state index is 10.9. The predicted octanol–water partition coefficient (Wildman–Crippen LogP) is 0.358. The molecule has 0 aromatic carbocycles. The van der Waals surface area contributed by atoms with Gasteiger partial charge in [-0.05, 0) is 0 Å². The summed E-state index contributed by atoms with van der Waals surface area (Å²) in [7, 11) is 0. The van der Waals surface area contributed by atoms with Gasteiger partial charge in [0.05, 0.1) is 0 Å². The molecule has 0 rings (SSSR count). The van der Waals surface area contributed by atoms with E-state index < -0.39 is 25.8 Å². The number of aliphatic carboxylic acids is 2. The van der Waals surface area contributed by atoms with E-state index in [0.717, 1.165) is 0 Å². The van der Waals surface area contributed by atoms with Crippen molar-refractivity contribution in [1.82, 2.24) is 0 Å². The third kappa shape index (κ3) is 7.37. The molecule has 0 aromatic heterocycles. The van der Waals surface area contributed by atoms with Gasteiger partial charge in [0.15, 0.2) is 0 Å². The van der Waals surface area contributed by atoms with Gasteiger partial charge >= 0.3 is 72.9 Å². The average molecular weight is 241 g/mol. The molecule has 0 aliphatic carbocycles. The summed E-state index contributed by atoms with van der Waals surface area (Å²) in [4.78, 5) is 20.0. The molecule has 0 unspecified atom stereocenters. The van der Waals surface area contributed by atoms with E-state index in [1.165, 1.54) is 0 Å². The summed E-state index contributed by atoms with van der Waals surface area (Å²) in [6, 6.07) is 0. The van der Waals surface area contributed by atoms with Crippen LogP contribution >= 0.6 is 0 Å². The van der Waals surface area contributed by atoms with E-state index in [1.54, 1.807) is 0 Å². The predicted molar refractivity (Wildman–Crippen MR) is 40.6 cm³/mol. The Morgan fingerprint density at radius 3 is 1.58 bits per heavy atom. The van der Waals surface area contributed by atoms with Crippen molar-refractivity contribution in [2.24, 2.45) is 0 Å². The summed E-state index contributed by atoms with van der Waals surface area (Å²) in [5.74, 6) is -1.98. The van der Waals surface area contributed by atoms with Crippen molar-refractivity contribution in [2.75, 3.05) is 0 Å². The molecule has 0 amide bonds. The Kier molecular flexibility index (Phi) is 5.49.